The Kier molecular flexibility index (Phi) is 8.43. The Hall–Kier alpha value is -2.91. The van der Waals surface area contributed by atoms with Crippen molar-refractivity contribution in [3.63, 3.8) is 0 Å². The molecule has 3 aromatic rings. The Labute approximate surface area is 191 Å². The average molecular weight is 456 g/mol. The van der Waals surface area contributed by atoms with Crippen molar-refractivity contribution in [2.75, 3.05) is 12.0 Å². The van der Waals surface area contributed by atoms with Gasteiger partial charge in [-0.2, -0.15) is 0 Å². The summed E-state index contributed by atoms with van der Waals surface area (Å²) in [7, 11) is 0. The molecule has 0 aliphatic carbocycles. The molecule has 9 heteroatoms. The number of rotatable bonds is 9. The Bertz CT molecular complexity index is 1020. The second kappa shape index (κ2) is 11.5. The summed E-state index contributed by atoms with van der Waals surface area (Å²) in [6.45, 7) is 4.54. The van der Waals surface area contributed by atoms with Crippen LogP contribution in [0.5, 0.6) is 5.75 Å². The standard InChI is InChI=1S/C22H25N5O2S2/c1-3-4-13-29-19-12-8-11-18(14-19)20(28)23-21(30)26-27-16(2)24-25-22(27)31-15-17-9-6-5-7-10-17/h5-12,14H,3-4,13,15H2,1-2H3,(H2,23,26,28,30). The highest BCUT2D eigenvalue weighted by Gasteiger charge is 2.14. The molecule has 0 spiro atoms. The van der Waals surface area contributed by atoms with E-state index in [1.54, 1.807) is 22.9 Å². The largest absolute Gasteiger partial charge is 0.494 e. The van der Waals surface area contributed by atoms with Gasteiger partial charge >= 0.3 is 0 Å². The van der Waals surface area contributed by atoms with E-state index in [1.807, 2.05) is 31.2 Å². The van der Waals surface area contributed by atoms with Crippen LogP contribution in [0.15, 0.2) is 59.8 Å². The molecule has 2 N–H and O–H groups in total. The molecule has 0 saturated carbocycles. The van der Waals surface area contributed by atoms with Gasteiger partial charge in [-0.3, -0.25) is 15.5 Å². The lowest BCUT2D eigenvalue weighted by Gasteiger charge is -2.13. The van der Waals surface area contributed by atoms with Crippen LogP contribution in [0.25, 0.3) is 0 Å². The zero-order valence-corrected chi connectivity index (χ0v) is 19.1. The minimum Gasteiger partial charge on any atom is -0.494 e. The van der Waals surface area contributed by atoms with Crippen LogP contribution in [0, 0.1) is 6.92 Å². The van der Waals surface area contributed by atoms with E-state index in [0.29, 0.717) is 28.9 Å². The molecule has 1 heterocycles. The highest BCUT2D eigenvalue weighted by atomic mass is 32.2. The molecule has 0 unspecified atom stereocenters. The summed E-state index contributed by atoms with van der Waals surface area (Å²) < 4.78 is 7.34. The second-order valence-electron chi connectivity index (χ2n) is 6.76. The summed E-state index contributed by atoms with van der Waals surface area (Å²) in [5, 5.41) is 11.8. The summed E-state index contributed by atoms with van der Waals surface area (Å²) in [6, 6.07) is 17.1. The van der Waals surface area contributed by atoms with Crippen LogP contribution in [-0.2, 0) is 5.75 Å². The molecule has 0 atom stereocenters. The Morgan fingerprint density at radius 3 is 2.74 bits per heavy atom. The van der Waals surface area contributed by atoms with Crippen molar-refractivity contribution in [2.45, 2.75) is 37.6 Å². The molecule has 1 aromatic heterocycles. The molecule has 162 valence electrons. The van der Waals surface area contributed by atoms with E-state index in [2.05, 4.69) is 40.0 Å². The fraction of sp³-hybridized carbons (Fsp3) is 0.273. The van der Waals surface area contributed by atoms with Gasteiger partial charge in [0.05, 0.1) is 6.61 Å². The molecule has 31 heavy (non-hydrogen) atoms. The number of hydrogen-bond acceptors (Lipinski definition) is 6. The predicted octanol–water partition coefficient (Wildman–Crippen LogP) is 4.32. The first-order valence-corrected chi connectivity index (χ1v) is 11.4. The smallest absolute Gasteiger partial charge is 0.257 e. The van der Waals surface area contributed by atoms with Crippen molar-refractivity contribution in [3.05, 3.63) is 71.5 Å². The van der Waals surface area contributed by atoms with E-state index >= 15 is 0 Å². The molecule has 7 nitrogen and oxygen atoms in total. The fourth-order valence-corrected chi connectivity index (χ4v) is 3.73. The summed E-state index contributed by atoms with van der Waals surface area (Å²) in [5.74, 6) is 1.72. The van der Waals surface area contributed by atoms with Gasteiger partial charge in [-0.1, -0.05) is 61.5 Å². The number of nitrogens with zero attached hydrogens (tertiary/aromatic N) is 3. The van der Waals surface area contributed by atoms with E-state index in [0.717, 1.165) is 18.6 Å². The molecule has 2 aromatic carbocycles. The minimum atomic E-state index is -0.317. The Balaban J connectivity index is 1.59. The number of unbranched alkanes of at least 4 members (excludes halogenated alkanes) is 1. The molecular formula is C22H25N5O2S2. The highest BCUT2D eigenvalue weighted by molar-refractivity contribution is 7.98. The maximum Gasteiger partial charge on any atom is 0.257 e. The van der Waals surface area contributed by atoms with Crippen LogP contribution in [0.3, 0.4) is 0 Å². The normalized spacial score (nSPS) is 10.5. The molecule has 0 saturated heterocycles. The monoisotopic (exact) mass is 455 g/mol. The average Bonchev–Trinajstić information content (AvgIpc) is 3.12. The molecule has 0 fully saturated rings. The summed E-state index contributed by atoms with van der Waals surface area (Å²) in [6.07, 6.45) is 2.02. The maximum atomic E-state index is 12.6. The first-order chi connectivity index (χ1) is 15.1. The molecule has 0 radical (unpaired) electrons. The van der Waals surface area contributed by atoms with Crippen LogP contribution >= 0.6 is 24.0 Å². The van der Waals surface area contributed by atoms with Crippen LogP contribution < -0.4 is 15.5 Å². The van der Waals surface area contributed by atoms with E-state index in [9.17, 15) is 4.79 Å². The number of thioether (sulfide) groups is 1. The van der Waals surface area contributed by atoms with Crippen LogP contribution in [0.1, 0.15) is 41.5 Å². The van der Waals surface area contributed by atoms with E-state index in [1.165, 1.54) is 17.3 Å². The zero-order valence-electron chi connectivity index (χ0n) is 17.5. The van der Waals surface area contributed by atoms with Crippen LogP contribution in [0.2, 0.25) is 0 Å². The van der Waals surface area contributed by atoms with E-state index < -0.39 is 0 Å². The summed E-state index contributed by atoms with van der Waals surface area (Å²) >= 11 is 6.86. The van der Waals surface area contributed by atoms with Crippen molar-refractivity contribution in [1.29, 1.82) is 0 Å². The van der Waals surface area contributed by atoms with Crippen LogP contribution in [0.4, 0.5) is 0 Å². The minimum absolute atomic E-state index is 0.159. The van der Waals surface area contributed by atoms with Gasteiger partial charge in [-0.15, -0.1) is 10.2 Å². The van der Waals surface area contributed by atoms with Crippen molar-refractivity contribution in [1.82, 2.24) is 20.2 Å². The van der Waals surface area contributed by atoms with Crippen LogP contribution in [-0.4, -0.2) is 32.5 Å². The van der Waals surface area contributed by atoms with Gasteiger partial charge < -0.3 is 4.74 Å². The first kappa shape index (κ1) is 22.8. The SMILES string of the molecule is CCCCOc1cccc(C(=O)NC(=S)Nn2c(C)nnc2SCc2ccccc2)c1. The van der Waals surface area contributed by atoms with Gasteiger partial charge in [0.2, 0.25) is 5.16 Å². The van der Waals surface area contributed by atoms with E-state index in [-0.39, 0.29) is 11.0 Å². The molecule has 1 amide bonds. The second-order valence-corrected chi connectivity index (χ2v) is 8.12. The number of carbonyl (C=O) groups is 1. The third kappa shape index (κ3) is 6.80. The molecule has 0 bridgehead atoms. The lowest BCUT2D eigenvalue weighted by Crippen LogP contribution is -2.38. The third-order valence-electron chi connectivity index (χ3n) is 4.31. The van der Waals surface area contributed by atoms with Gasteiger partial charge in [0.1, 0.15) is 11.6 Å². The third-order valence-corrected chi connectivity index (χ3v) is 5.50. The summed E-state index contributed by atoms with van der Waals surface area (Å²) in [4.78, 5) is 12.6. The van der Waals surface area contributed by atoms with Crippen molar-refractivity contribution >= 4 is 35.0 Å². The molecule has 0 aliphatic heterocycles. The van der Waals surface area contributed by atoms with E-state index in [4.69, 9.17) is 17.0 Å². The highest BCUT2D eigenvalue weighted by Crippen LogP contribution is 2.21. The maximum absolute atomic E-state index is 12.6. The fourth-order valence-electron chi connectivity index (χ4n) is 2.65. The van der Waals surface area contributed by atoms with Gasteiger partial charge in [0.15, 0.2) is 5.11 Å². The van der Waals surface area contributed by atoms with Gasteiger partial charge in [0.25, 0.3) is 5.91 Å². The topological polar surface area (TPSA) is 81.1 Å². The molecular weight excluding hydrogens is 430 g/mol. The number of aromatic nitrogens is 3. The van der Waals surface area contributed by atoms with Crippen molar-refractivity contribution in [2.24, 2.45) is 0 Å². The molecule has 3 rings (SSSR count). The number of carbonyl (C=O) groups excluding carboxylic acids is 1. The van der Waals surface area contributed by atoms with Gasteiger partial charge in [0, 0.05) is 11.3 Å². The number of nitrogens with one attached hydrogen (secondary N) is 2. The van der Waals surface area contributed by atoms with Gasteiger partial charge in [-0.25, -0.2) is 4.68 Å². The number of benzene rings is 2. The molecule has 0 aliphatic rings. The Morgan fingerprint density at radius 2 is 1.97 bits per heavy atom. The lowest BCUT2D eigenvalue weighted by atomic mass is 10.2. The number of ether oxygens (including phenoxy) is 1. The quantitative estimate of drug-likeness (QED) is 0.283. The number of thiocarbonyl (C=S) groups is 1. The predicted molar refractivity (Wildman–Crippen MR) is 127 cm³/mol. The van der Waals surface area contributed by atoms with Gasteiger partial charge in [-0.05, 0) is 49.3 Å². The zero-order chi connectivity index (χ0) is 22.1. The van der Waals surface area contributed by atoms with Crippen molar-refractivity contribution in [3.8, 4) is 5.75 Å². The summed E-state index contributed by atoms with van der Waals surface area (Å²) in [5.41, 5.74) is 4.64. The number of amides is 1. The lowest BCUT2D eigenvalue weighted by molar-refractivity contribution is 0.0977. The Morgan fingerprint density at radius 1 is 1.16 bits per heavy atom. The first-order valence-electron chi connectivity index (χ1n) is 10.0. The van der Waals surface area contributed by atoms with Crippen molar-refractivity contribution < 1.29 is 9.53 Å². The number of hydrogen-bond donors (Lipinski definition) is 2. The number of aryl methyl sites for hydroxylation is 1.